The number of esters is 2. The van der Waals surface area contributed by atoms with Crippen molar-refractivity contribution < 1.29 is 19.1 Å². The topological polar surface area (TPSA) is 77.3 Å². The van der Waals surface area contributed by atoms with E-state index < -0.39 is 17.9 Å². The van der Waals surface area contributed by atoms with E-state index in [2.05, 4.69) is 10.2 Å². The van der Waals surface area contributed by atoms with Crippen LogP contribution in [0.15, 0.2) is 52.7 Å². The van der Waals surface area contributed by atoms with Crippen LogP contribution in [0.25, 0.3) is 0 Å². The Morgan fingerprint density at radius 1 is 0.923 bits per heavy atom. The van der Waals surface area contributed by atoms with Gasteiger partial charge in [-0.2, -0.15) is 10.2 Å². The van der Waals surface area contributed by atoms with Crippen LogP contribution in [-0.4, -0.2) is 26.2 Å². The van der Waals surface area contributed by atoms with E-state index in [1.165, 1.54) is 14.2 Å². The van der Waals surface area contributed by atoms with Gasteiger partial charge in [-0.05, 0) is 37.6 Å². The third-order valence-corrected chi connectivity index (χ3v) is 3.95. The fourth-order valence-corrected chi connectivity index (χ4v) is 2.48. The number of carbonyl (C=O) groups excluding carboxylic acids is 2. The molecular formula is C20H22N2O4. The van der Waals surface area contributed by atoms with E-state index in [0.717, 1.165) is 11.1 Å². The Labute approximate surface area is 152 Å². The van der Waals surface area contributed by atoms with Crippen LogP contribution in [0.5, 0.6) is 0 Å². The van der Waals surface area contributed by atoms with Crippen molar-refractivity contribution in [2.45, 2.75) is 26.2 Å². The predicted molar refractivity (Wildman–Crippen MR) is 97.9 cm³/mol. The molecule has 0 heterocycles. The highest BCUT2D eigenvalue weighted by atomic mass is 16.5. The van der Waals surface area contributed by atoms with E-state index in [9.17, 15) is 9.59 Å². The van der Waals surface area contributed by atoms with Gasteiger partial charge in [-0.3, -0.25) is 9.59 Å². The van der Waals surface area contributed by atoms with Gasteiger partial charge in [-0.1, -0.05) is 35.4 Å². The summed E-state index contributed by atoms with van der Waals surface area (Å²) in [5.74, 6) is -1.82. The smallest absolute Gasteiger partial charge is 0.313 e. The Kier molecular flexibility index (Phi) is 6.60. The quantitative estimate of drug-likeness (QED) is 0.564. The number of hydrogen-bond acceptors (Lipinski definition) is 6. The van der Waals surface area contributed by atoms with Crippen molar-refractivity contribution in [1.82, 2.24) is 0 Å². The zero-order chi connectivity index (χ0) is 19.1. The van der Waals surface area contributed by atoms with Crippen LogP contribution >= 0.6 is 0 Å². The third-order valence-electron chi connectivity index (χ3n) is 3.95. The molecule has 1 unspecified atom stereocenters. The summed E-state index contributed by atoms with van der Waals surface area (Å²) in [6.45, 7) is 3.89. The number of carbonyl (C=O) groups is 2. The molecule has 0 aliphatic rings. The molecule has 0 bridgehead atoms. The molecule has 136 valence electrons. The first kappa shape index (κ1) is 19.3. The number of aryl methyl sites for hydroxylation is 2. The van der Waals surface area contributed by atoms with E-state index in [4.69, 9.17) is 9.47 Å². The summed E-state index contributed by atoms with van der Waals surface area (Å²) in [7, 11) is 2.57. The highest BCUT2D eigenvalue weighted by Crippen LogP contribution is 2.33. The lowest BCUT2D eigenvalue weighted by Gasteiger charge is -2.16. The average molecular weight is 354 g/mol. The fourth-order valence-electron chi connectivity index (χ4n) is 2.48. The highest BCUT2D eigenvalue weighted by Gasteiger charge is 2.27. The number of nitrogens with zero attached hydrogens (tertiary/aromatic N) is 2. The molecular weight excluding hydrogens is 332 g/mol. The minimum Gasteiger partial charge on any atom is -0.469 e. The van der Waals surface area contributed by atoms with Crippen LogP contribution in [-0.2, 0) is 19.1 Å². The second-order valence-electron chi connectivity index (χ2n) is 5.95. The minimum absolute atomic E-state index is 0.125. The van der Waals surface area contributed by atoms with Crippen LogP contribution in [0, 0.1) is 13.8 Å². The lowest BCUT2D eigenvalue weighted by atomic mass is 9.93. The van der Waals surface area contributed by atoms with Crippen molar-refractivity contribution in [2.24, 2.45) is 10.2 Å². The molecule has 0 fully saturated rings. The van der Waals surface area contributed by atoms with Crippen LogP contribution in [0.1, 0.15) is 29.0 Å². The van der Waals surface area contributed by atoms with E-state index in [1.807, 2.05) is 50.2 Å². The lowest BCUT2D eigenvalue weighted by Crippen LogP contribution is -2.19. The monoisotopic (exact) mass is 354 g/mol. The van der Waals surface area contributed by atoms with Gasteiger partial charge in [0.2, 0.25) is 0 Å². The summed E-state index contributed by atoms with van der Waals surface area (Å²) in [5, 5.41) is 8.51. The lowest BCUT2D eigenvalue weighted by molar-refractivity contribution is -0.149. The average Bonchev–Trinajstić information content (AvgIpc) is 2.65. The molecule has 0 spiro atoms. The van der Waals surface area contributed by atoms with Crippen molar-refractivity contribution >= 4 is 23.3 Å². The molecule has 0 amide bonds. The fraction of sp³-hybridized carbons (Fsp3) is 0.300. The maximum atomic E-state index is 12.2. The summed E-state index contributed by atoms with van der Waals surface area (Å²) >= 11 is 0. The van der Waals surface area contributed by atoms with Crippen molar-refractivity contribution in [2.75, 3.05) is 14.2 Å². The molecule has 0 radical (unpaired) electrons. The van der Waals surface area contributed by atoms with Crippen LogP contribution in [0.2, 0.25) is 0 Å². The summed E-state index contributed by atoms with van der Waals surface area (Å²) in [6, 6.07) is 13.1. The molecule has 2 aromatic rings. The van der Waals surface area contributed by atoms with Gasteiger partial charge in [-0.25, -0.2) is 0 Å². The number of benzene rings is 2. The molecule has 0 aromatic heterocycles. The molecule has 6 nitrogen and oxygen atoms in total. The zero-order valence-electron chi connectivity index (χ0n) is 15.4. The Morgan fingerprint density at radius 3 is 2.19 bits per heavy atom. The summed E-state index contributed by atoms with van der Waals surface area (Å²) in [4.78, 5) is 24.0. The first-order valence-electron chi connectivity index (χ1n) is 8.18. The van der Waals surface area contributed by atoms with Crippen LogP contribution in [0.4, 0.5) is 11.4 Å². The van der Waals surface area contributed by atoms with E-state index in [1.54, 1.807) is 6.07 Å². The first-order valence-corrected chi connectivity index (χ1v) is 8.18. The van der Waals surface area contributed by atoms with Gasteiger partial charge in [0.15, 0.2) is 0 Å². The van der Waals surface area contributed by atoms with Gasteiger partial charge >= 0.3 is 11.9 Å². The zero-order valence-corrected chi connectivity index (χ0v) is 15.4. The minimum atomic E-state index is -0.806. The molecule has 1 atom stereocenters. The van der Waals surface area contributed by atoms with E-state index >= 15 is 0 Å². The maximum absolute atomic E-state index is 12.2. The van der Waals surface area contributed by atoms with Crippen molar-refractivity contribution in [3.63, 3.8) is 0 Å². The molecule has 0 aliphatic carbocycles. The van der Waals surface area contributed by atoms with Gasteiger partial charge in [-0.15, -0.1) is 0 Å². The number of methoxy groups -OCH3 is 2. The second-order valence-corrected chi connectivity index (χ2v) is 5.95. The molecule has 26 heavy (non-hydrogen) atoms. The summed E-state index contributed by atoms with van der Waals surface area (Å²) in [6.07, 6.45) is -0.125. The highest BCUT2D eigenvalue weighted by molar-refractivity contribution is 5.86. The van der Waals surface area contributed by atoms with E-state index in [0.29, 0.717) is 16.9 Å². The molecule has 6 heteroatoms. The van der Waals surface area contributed by atoms with Gasteiger partial charge in [0.05, 0.1) is 37.9 Å². The van der Waals surface area contributed by atoms with Crippen LogP contribution in [0.3, 0.4) is 0 Å². The van der Waals surface area contributed by atoms with E-state index in [-0.39, 0.29) is 6.42 Å². The molecule has 2 rings (SSSR count). The molecule has 0 saturated heterocycles. The second kappa shape index (κ2) is 8.89. The number of hydrogen-bond donors (Lipinski definition) is 0. The van der Waals surface area contributed by atoms with Crippen molar-refractivity contribution in [3.8, 4) is 0 Å². The van der Waals surface area contributed by atoms with Crippen molar-refractivity contribution in [3.05, 3.63) is 59.2 Å². The van der Waals surface area contributed by atoms with Gasteiger partial charge in [0.1, 0.15) is 0 Å². The maximum Gasteiger partial charge on any atom is 0.313 e. The predicted octanol–water partition coefficient (Wildman–Crippen LogP) is 4.54. The molecule has 0 saturated carbocycles. The normalized spacial score (nSPS) is 12.0. The Morgan fingerprint density at radius 2 is 1.58 bits per heavy atom. The molecule has 2 aromatic carbocycles. The Hall–Kier alpha value is -3.02. The van der Waals surface area contributed by atoms with Gasteiger partial charge < -0.3 is 9.47 Å². The van der Waals surface area contributed by atoms with Gasteiger partial charge in [0, 0.05) is 0 Å². The van der Waals surface area contributed by atoms with Crippen molar-refractivity contribution in [1.29, 1.82) is 0 Å². The number of azo groups is 1. The number of rotatable bonds is 6. The summed E-state index contributed by atoms with van der Waals surface area (Å²) in [5.41, 5.74) is 3.86. The van der Waals surface area contributed by atoms with Gasteiger partial charge in [0.25, 0.3) is 0 Å². The Bertz CT molecular complexity index is 813. The standard InChI is InChI=1S/C20H22N2O4/c1-13-5-8-15(9-6-13)21-22-18-10-7-14(2)11-16(18)17(20(24)26-4)12-19(23)25-3/h5-11,17H,12H2,1-4H3. The molecule has 0 N–H and O–H groups in total. The molecule has 0 aliphatic heterocycles. The SMILES string of the molecule is COC(=O)CC(C(=O)OC)c1cc(C)ccc1N=Nc1ccc(C)cc1. The summed E-state index contributed by atoms with van der Waals surface area (Å²) < 4.78 is 9.57. The largest absolute Gasteiger partial charge is 0.469 e. The third kappa shape index (κ3) is 4.99. The van der Waals surface area contributed by atoms with Crippen LogP contribution < -0.4 is 0 Å². The first-order chi connectivity index (χ1) is 12.4. The Balaban J connectivity index is 2.42. The number of ether oxygens (including phenoxy) is 2.